The summed E-state index contributed by atoms with van der Waals surface area (Å²) in [5, 5.41) is 9.30. The van der Waals surface area contributed by atoms with Crippen molar-refractivity contribution in [2.75, 3.05) is 0 Å². The smallest absolute Gasteiger partial charge is 0.309 e. The molecule has 0 bridgehead atoms. The van der Waals surface area contributed by atoms with Crippen molar-refractivity contribution in [3.05, 3.63) is 0 Å². The lowest BCUT2D eigenvalue weighted by atomic mass is 9.78. The second-order valence-corrected chi connectivity index (χ2v) is 5.16. The van der Waals surface area contributed by atoms with Gasteiger partial charge in [-0.15, -0.1) is 0 Å². The second kappa shape index (κ2) is 9.49. The summed E-state index contributed by atoms with van der Waals surface area (Å²) in [6.45, 7) is 6.22. The molecule has 0 saturated carbocycles. The van der Waals surface area contributed by atoms with Crippen LogP contribution in [-0.2, 0) is 4.79 Å². The Hall–Kier alpha value is -0.530. The Kier molecular flexibility index (Phi) is 9.20. The van der Waals surface area contributed by atoms with Gasteiger partial charge in [-0.2, -0.15) is 0 Å². The largest absolute Gasteiger partial charge is 0.481 e. The molecule has 0 aliphatic heterocycles. The first-order valence-corrected chi connectivity index (χ1v) is 7.36. The van der Waals surface area contributed by atoms with Crippen LogP contribution in [-0.4, -0.2) is 11.1 Å². The molecule has 2 nitrogen and oxygen atoms in total. The number of carbonyl (C=O) groups is 1. The van der Waals surface area contributed by atoms with Crippen LogP contribution in [0.3, 0.4) is 0 Å². The van der Waals surface area contributed by atoms with Crippen molar-refractivity contribution in [1.29, 1.82) is 0 Å². The van der Waals surface area contributed by atoms with Gasteiger partial charge in [-0.3, -0.25) is 4.79 Å². The number of carboxylic acids is 1. The standard InChI is InChI=1S/C15H30O2/c1-4-7-8-9-10-11-12-13-15(5-2,6-3)14(16)17/h4-13H2,1-3H3,(H,16,17). The molecule has 0 spiro atoms. The number of carboxylic acid groups (broad SMARTS) is 1. The monoisotopic (exact) mass is 242 g/mol. The molecule has 0 heterocycles. The molecule has 102 valence electrons. The molecule has 17 heavy (non-hydrogen) atoms. The highest BCUT2D eigenvalue weighted by Crippen LogP contribution is 2.33. The van der Waals surface area contributed by atoms with Gasteiger partial charge < -0.3 is 5.11 Å². The zero-order chi connectivity index (χ0) is 13.1. The van der Waals surface area contributed by atoms with Gasteiger partial charge in [-0.25, -0.2) is 0 Å². The molecular formula is C15H30O2. The highest BCUT2D eigenvalue weighted by atomic mass is 16.4. The van der Waals surface area contributed by atoms with Gasteiger partial charge in [0.1, 0.15) is 0 Å². The summed E-state index contributed by atoms with van der Waals surface area (Å²) in [6.07, 6.45) is 11.2. The summed E-state index contributed by atoms with van der Waals surface area (Å²) in [5.74, 6) is -0.603. The van der Waals surface area contributed by atoms with Gasteiger partial charge in [0.25, 0.3) is 0 Å². The fourth-order valence-electron chi connectivity index (χ4n) is 2.43. The lowest BCUT2D eigenvalue weighted by Crippen LogP contribution is -2.29. The summed E-state index contributed by atoms with van der Waals surface area (Å²) in [4.78, 5) is 11.3. The Balaban J connectivity index is 3.73. The number of unbranched alkanes of at least 4 members (excludes halogenated alkanes) is 6. The number of hydrogen-bond donors (Lipinski definition) is 1. The van der Waals surface area contributed by atoms with Gasteiger partial charge in [0.2, 0.25) is 0 Å². The predicted molar refractivity (Wildman–Crippen MR) is 73.3 cm³/mol. The van der Waals surface area contributed by atoms with Gasteiger partial charge in [0.15, 0.2) is 0 Å². The third-order valence-electron chi connectivity index (χ3n) is 4.07. The van der Waals surface area contributed by atoms with E-state index in [-0.39, 0.29) is 0 Å². The van der Waals surface area contributed by atoms with Crippen molar-refractivity contribution >= 4 is 5.97 Å². The molecule has 0 rings (SSSR count). The fraction of sp³-hybridized carbons (Fsp3) is 0.933. The zero-order valence-electron chi connectivity index (χ0n) is 11.9. The van der Waals surface area contributed by atoms with Crippen molar-refractivity contribution in [3.63, 3.8) is 0 Å². The third kappa shape index (κ3) is 6.09. The van der Waals surface area contributed by atoms with E-state index in [0.29, 0.717) is 0 Å². The lowest BCUT2D eigenvalue weighted by molar-refractivity contribution is -0.150. The summed E-state index contributed by atoms with van der Waals surface area (Å²) >= 11 is 0. The normalized spacial score (nSPS) is 11.7. The Morgan fingerprint density at radius 3 is 1.76 bits per heavy atom. The molecule has 0 atom stereocenters. The molecule has 0 aromatic heterocycles. The average molecular weight is 242 g/mol. The average Bonchev–Trinajstić information content (AvgIpc) is 2.33. The summed E-state index contributed by atoms with van der Waals surface area (Å²) in [5.41, 5.74) is -0.455. The first-order chi connectivity index (χ1) is 8.13. The van der Waals surface area contributed by atoms with Gasteiger partial charge in [-0.1, -0.05) is 65.7 Å². The predicted octanol–water partition coefficient (Wildman–Crippen LogP) is 5.02. The molecule has 0 radical (unpaired) electrons. The number of hydrogen-bond acceptors (Lipinski definition) is 1. The summed E-state index contributed by atoms with van der Waals surface area (Å²) in [6, 6.07) is 0. The van der Waals surface area contributed by atoms with Crippen molar-refractivity contribution in [1.82, 2.24) is 0 Å². The topological polar surface area (TPSA) is 37.3 Å². The van der Waals surface area contributed by atoms with Crippen LogP contribution in [0.5, 0.6) is 0 Å². The molecule has 0 fully saturated rings. The molecule has 0 aliphatic carbocycles. The Morgan fingerprint density at radius 2 is 1.35 bits per heavy atom. The van der Waals surface area contributed by atoms with Crippen LogP contribution in [0.15, 0.2) is 0 Å². The quantitative estimate of drug-likeness (QED) is 0.517. The molecule has 2 heteroatoms. The van der Waals surface area contributed by atoms with E-state index in [0.717, 1.165) is 25.7 Å². The van der Waals surface area contributed by atoms with E-state index in [4.69, 9.17) is 0 Å². The molecule has 0 aliphatic rings. The van der Waals surface area contributed by atoms with Crippen molar-refractivity contribution in [2.24, 2.45) is 5.41 Å². The molecule has 0 unspecified atom stereocenters. The highest BCUT2D eigenvalue weighted by molar-refractivity contribution is 5.74. The molecule has 0 aromatic carbocycles. The van der Waals surface area contributed by atoms with Crippen LogP contribution < -0.4 is 0 Å². The van der Waals surface area contributed by atoms with Crippen LogP contribution in [0.4, 0.5) is 0 Å². The third-order valence-corrected chi connectivity index (χ3v) is 4.07. The van der Waals surface area contributed by atoms with Crippen molar-refractivity contribution < 1.29 is 9.90 Å². The van der Waals surface area contributed by atoms with E-state index in [2.05, 4.69) is 6.92 Å². The van der Waals surface area contributed by atoms with E-state index in [1.54, 1.807) is 0 Å². The van der Waals surface area contributed by atoms with E-state index in [9.17, 15) is 9.90 Å². The van der Waals surface area contributed by atoms with Crippen molar-refractivity contribution in [3.8, 4) is 0 Å². The minimum atomic E-state index is -0.603. The maximum atomic E-state index is 11.3. The Bertz CT molecular complexity index is 195. The van der Waals surface area contributed by atoms with Crippen LogP contribution in [0.25, 0.3) is 0 Å². The minimum absolute atomic E-state index is 0.455. The van der Waals surface area contributed by atoms with Crippen LogP contribution >= 0.6 is 0 Å². The number of aliphatic carboxylic acids is 1. The first-order valence-electron chi connectivity index (χ1n) is 7.36. The van der Waals surface area contributed by atoms with E-state index in [1.807, 2.05) is 13.8 Å². The highest BCUT2D eigenvalue weighted by Gasteiger charge is 2.33. The first kappa shape index (κ1) is 16.5. The van der Waals surface area contributed by atoms with Crippen LogP contribution in [0.1, 0.15) is 85.0 Å². The van der Waals surface area contributed by atoms with E-state index >= 15 is 0 Å². The molecule has 0 aromatic rings. The zero-order valence-corrected chi connectivity index (χ0v) is 11.9. The second-order valence-electron chi connectivity index (χ2n) is 5.16. The maximum Gasteiger partial charge on any atom is 0.309 e. The van der Waals surface area contributed by atoms with Gasteiger partial charge >= 0.3 is 5.97 Å². The van der Waals surface area contributed by atoms with Gasteiger partial charge in [0.05, 0.1) is 5.41 Å². The SMILES string of the molecule is CCCCCCCCCC(CC)(CC)C(=O)O. The Morgan fingerprint density at radius 1 is 0.882 bits per heavy atom. The lowest BCUT2D eigenvalue weighted by Gasteiger charge is -2.26. The molecule has 1 N–H and O–H groups in total. The van der Waals surface area contributed by atoms with E-state index in [1.165, 1.54) is 38.5 Å². The van der Waals surface area contributed by atoms with Crippen LogP contribution in [0.2, 0.25) is 0 Å². The van der Waals surface area contributed by atoms with Crippen LogP contribution in [0, 0.1) is 5.41 Å². The fourth-order valence-corrected chi connectivity index (χ4v) is 2.43. The minimum Gasteiger partial charge on any atom is -0.481 e. The number of rotatable bonds is 11. The summed E-state index contributed by atoms with van der Waals surface area (Å²) < 4.78 is 0. The Labute approximate surface area is 107 Å². The maximum absolute atomic E-state index is 11.3. The van der Waals surface area contributed by atoms with E-state index < -0.39 is 11.4 Å². The molecule has 0 amide bonds. The summed E-state index contributed by atoms with van der Waals surface area (Å²) in [7, 11) is 0. The van der Waals surface area contributed by atoms with Crippen molar-refractivity contribution in [2.45, 2.75) is 85.0 Å². The van der Waals surface area contributed by atoms with Gasteiger partial charge in [-0.05, 0) is 19.3 Å². The van der Waals surface area contributed by atoms with Gasteiger partial charge in [0, 0.05) is 0 Å². The molecule has 0 saturated heterocycles. The molecular weight excluding hydrogens is 212 g/mol.